The van der Waals surface area contributed by atoms with Gasteiger partial charge in [0.05, 0.1) is 28.9 Å². The summed E-state index contributed by atoms with van der Waals surface area (Å²) in [6.45, 7) is 4.49. The minimum Gasteiger partial charge on any atom is -0.506 e. The highest BCUT2D eigenvalue weighted by Gasteiger charge is 2.23. The number of nitrogens with zero attached hydrogens (tertiary/aromatic N) is 3. The summed E-state index contributed by atoms with van der Waals surface area (Å²) in [6.07, 6.45) is 2.94. The molecular formula is C21H23ClN4O4S. The van der Waals surface area contributed by atoms with Crippen LogP contribution in [0.25, 0.3) is 0 Å². The van der Waals surface area contributed by atoms with E-state index in [9.17, 15) is 18.3 Å². The van der Waals surface area contributed by atoms with E-state index in [4.69, 9.17) is 11.6 Å². The molecular weight excluding hydrogens is 440 g/mol. The zero-order valence-electron chi connectivity index (χ0n) is 17.1. The molecule has 1 aromatic heterocycles. The molecule has 0 fully saturated rings. The molecule has 0 aliphatic heterocycles. The number of carbonyl (C=O) groups excluding carboxylic acids is 1. The number of phenolic OH excluding ortho intramolecular Hbond substituents is 1. The minimum absolute atomic E-state index is 0.00270. The molecule has 3 rings (SSSR count). The SMILES string of the molecule is CCN(CC)S(=O)(=O)c1ccc(O)c(NC(=O)c2cnn(Cc3ccccc3Cl)c2)c1. The zero-order chi connectivity index (χ0) is 22.6. The van der Waals surface area contributed by atoms with Crippen LogP contribution in [0.15, 0.2) is 59.8 Å². The van der Waals surface area contributed by atoms with Crippen molar-refractivity contribution >= 4 is 33.2 Å². The molecule has 0 bridgehead atoms. The van der Waals surface area contributed by atoms with Crippen LogP contribution in [0.5, 0.6) is 5.75 Å². The van der Waals surface area contributed by atoms with Crippen LogP contribution in [0.3, 0.4) is 0 Å². The summed E-state index contributed by atoms with van der Waals surface area (Å²) >= 11 is 6.16. The predicted molar refractivity (Wildman–Crippen MR) is 119 cm³/mol. The van der Waals surface area contributed by atoms with Crippen LogP contribution in [0.1, 0.15) is 29.8 Å². The number of amides is 1. The Balaban J connectivity index is 1.79. The number of hydrogen-bond acceptors (Lipinski definition) is 5. The summed E-state index contributed by atoms with van der Waals surface area (Å²) in [5, 5.41) is 17.4. The van der Waals surface area contributed by atoms with Gasteiger partial charge in [0.25, 0.3) is 5.91 Å². The lowest BCUT2D eigenvalue weighted by Gasteiger charge is -2.19. The third-order valence-corrected chi connectivity index (χ3v) is 7.16. The van der Waals surface area contributed by atoms with E-state index < -0.39 is 15.9 Å². The molecule has 0 saturated heterocycles. The second-order valence-electron chi connectivity index (χ2n) is 6.74. The Labute approximate surface area is 186 Å². The van der Waals surface area contributed by atoms with Crippen LogP contribution in [0.2, 0.25) is 5.02 Å². The number of anilines is 1. The predicted octanol–water partition coefficient (Wildman–Crippen LogP) is 3.57. The third-order valence-electron chi connectivity index (χ3n) is 4.75. The van der Waals surface area contributed by atoms with Crippen LogP contribution in [0.4, 0.5) is 5.69 Å². The van der Waals surface area contributed by atoms with Crippen molar-refractivity contribution in [3.8, 4) is 5.75 Å². The van der Waals surface area contributed by atoms with Gasteiger partial charge in [0, 0.05) is 24.3 Å². The number of aromatic nitrogens is 2. The summed E-state index contributed by atoms with van der Waals surface area (Å²) < 4.78 is 28.3. The van der Waals surface area contributed by atoms with Crippen molar-refractivity contribution in [2.75, 3.05) is 18.4 Å². The van der Waals surface area contributed by atoms with E-state index >= 15 is 0 Å². The van der Waals surface area contributed by atoms with E-state index in [2.05, 4.69) is 10.4 Å². The van der Waals surface area contributed by atoms with Gasteiger partial charge in [-0.25, -0.2) is 8.42 Å². The fourth-order valence-corrected chi connectivity index (χ4v) is 4.73. The Bertz CT molecular complexity index is 1190. The van der Waals surface area contributed by atoms with Crippen molar-refractivity contribution in [3.63, 3.8) is 0 Å². The first-order valence-electron chi connectivity index (χ1n) is 9.66. The summed E-state index contributed by atoms with van der Waals surface area (Å²) in [7, 11) is -3.73. The molecule has 0 spiro atoms. The zero-order valence-corrected chi connectivity index (χ0v) is 18.7. The van der Waals surface area contributed by atoms with E-state index in [1.807, 2.05) is 18.2 Å². The molecule has 31 heavy (non-hydrogen) atoms. The average Bonchev–Trinajstić information content (AvgIpc) is 3.20. The van der Waals surface area contributed by atoms with Crippen LogP contribution >= 0.6 is 11.6 Å². The van der Waals surface area contributed by atoms with Crippen LogP contribution in [0, 0.1) is 0 Å². The molecule has 1 heterocycles. The lowest BCUT2D eigenvalue weighted by molar-refractivity contribution is 0.102. The van der Waals surface area contributed by atoms with E-state index in [1.165, 1.54) is 28.7 Å². The number of aromatic hydroxyl groups is 1. The molecule has 2 N–H and O–H groups in total. The number of phenols is 1. The molecule has 0 atom stereocenters. The summed E-state index contributed by atoms with van der Waals surface area (Å²) in [4.78, 5) is 12.6. The quantitative estimate of drug-likeness (QED) is 0.498. The Morgan fingerprint density at radius 1 is 1.19 bits per heavy atom. The summed E-state index contributed by atoms with van der Waals surface area (Å²) in [5.74, 6) is -0.770. The molecule has 10 heteroatoms. The Kier molecular flexibility index (Phi) is 6.99. The Hall–Kier alpha value is -2.88. The van der Waals surface area contributed by atoms with Crippen molar-refractivity contribution in [1.29, 1.82) is 0 Å². The average molecular weight is 463 g/mol. The van der Waals surface area contributed by atoms with Crippen molar-refractivity contribution < 1.29 is 18.3 Å². The van der Waals surface area contributed by atoms with Crippen molar-refractivity contribution in [3.05, 3.63) is 71.0 Å². The Morgan fingerprint density at radius 2 is 1.90 bits per heavy atom. The smallest absolute Gasteiger partial charge is 0.258 e. The number of rotatable bonds is 8. The molecule has 0 radical (unpaired) electrons. The van der Waals surface area contributed by atoms with E-state index in [0.29, 0.717) is 24.7 Å². The molecule has 2 aromatic carbocycles. The molecule has 0 unspecified atom stereocenters. The van der Waals surface area contributed by atoms with Gasteiger partial charge < -0.3 is 10.4 Å². The molecule has 164 valence electrons. The van der Waals surface area contributed by atoms with Gasteiger partial charge in [0.1, 0.15) is 5.75 Å². The van der Waals surface area contributed by atoms with E-state index in [1.54, 1.807) is 30.8 Å². The first-order valence-corrected chi connectivity index (χ1v) is 11.5. The van der Waals surface area contributed by atoms with E-state index in [-0.39, 0.29) is 21.9 Å². The Morgan fingerprint density at radius 3 is 2.58 bits per heavy atom. The second kappa shape index (κ2) is 9.51. The fourth-order valence-electron chi connectivity index (χ4n) is 3.05. The highest BCUT2D eigenvalue weighted by Crippen LogP contribution is 2.28. The number of carbonyl (C=O) groups is 1. The van der Waals surface area contributed by atoms with Gasteiger partial charge in [0.2, 0.25) is 10.0 Å². The van der Waals surface area contributed by atoms with Crippen LogP contribution < -0.4 is 5.32 Å². The monoisotopic (exact) mass is 462 g/mol. The van der Waals surface area contributed by atoms with Gasteiger partial charge in [-0.05, 0) is 29.8 Å². The molecule has 0 saturated carbocycles. The molecule has 3 aromatic rings. The number of hydrogen-bond donors (Lipinski definition) is 2. The van der Waals surface area contributed by atoms with Gasteiger partial charge in [-0.1, -0.05) is 43.6 Å². The highest BCUT2D eigenvalue weighted by molar-refractivity contribution is 7.89. The molecule has 0 aliphatic rings. The van der Waals surface area contributed by atoms with Crippen molar-refractivity contribution in [2.24, 2.45) is 0 Å². The van der Waals surface area contributed by atoms with Crippen LogP contribution in [-0.4, -0.2) is 46.6 Å². The number of benzene rings is 2. The van der Waals surface area contributed by atoms with Crippen molar-refractivity contribution in [1.82, 2.24) is 14.1 Å². The van der Waals surface area contributed by atoms with Gasteiger partial charge in [0.15, 0.2) is 0 Å². The number of sulfonamides is 1. The van der Waals surface area contributed by atoms with Gasteiger partial charge in [-0.15, -0.1) is 0 Å². The number of halogens is 1. The van der Waals surface area contributed by atoms with Gasteiger partial charge >= 0.3 is 0 Å². The largest absolute Gasteiger partial charge is 0.506 e. The maximum Gasteiger partial charge on any atom is 0.258 e. The highest BCUT2D eigenvalue weighted by atomic mass is 35.5. The molecule has 0 aliphatic carbocycles. The topological polar surface area (TPSA) is 105 Å². The molecule has 8 nitrogen and oxygen atoms in total. The first kappa shape index (κ1) is 22.8. The third kappa shape index (κ3) is 5.07. The minimum atomic E-state index is -3.73. The van der Waals surface area contributed by atoms with E-state index in [0.717, 1.165) is 5.56 Å². The maximum absolute atomic E-state index is 12.7. The van der Waals surface area contributed by atoms with Gasteiger partial charge in [-0.2, -0.15) is 9.40 Å². The van der Waals surface area contributed by atoms with Gasteiger partial charge in [-0.3, -0.25) is 9.48 Å². The lowest BCUT2D eigenvalue weighted by Crippen LogP contribution is -2.30. The normalized spacial score (nSPS) is 11.6. The fraction of sp³-hybridized carbons (Fsp3) is 0.238. The second-order valence-corrected chi connectivity index (χ2v) is 9.09. The standard InChI is InChI=1S/C21H23ClN4O4S/c1-3-26(4-2)31(29,30)17-9-10-20(27)19(11-17)24-21(28)16-12-23-25(14-16)13-15-7-5-6-8-18(15)22/h5-12,14,27H,3-4,13H2,1-2H3,(H,24,28). The van der Waals surface area contributed by atoms with Crippen LogP contribution in [-0.2, 0) is 16.6 Å². The maximum atomic E-state index is 12.7. The van der Waals surface area contributed by atoms with Crippen molar-refractivity contribution in [2.45, 2.75) is 25.3 Å². The first-order chi connectivity index (χ1) is 14.8. The summed E-state index contributed by atoms with van der Waals surface area (Å²) in [5.41, 5.74) is 1.10. The molecule has 1 amide bonds. The lowest BCUT2D eigenvalue weighted by atomic mass is 10.2. The summed E-state index contributed by atoms with van der Waals surface area (Å²) in [6, 6.07) is 11.1. The number of nitrogens with one attached hydrogen (secondary N) is 1.